The van der Waals surface area contributed by atoms with Gasteiger partial charge in [0.15, 0.2) is 0 Å². The normalized spacial score (nSPS) is 10.2. The Balaban J connectivity index is 1.53. The maximum absolute atomic E-state index is 13.8. The van der Waals surface area contributed by atoms with Crippen LogP contribution in [-0.4, -0.2) is 30.5 Å². The fourth-order valence-corrected chi connectivity index (χ4v) is 3.18. The highest BCUT2D eigenvalue weighted by Gasteiger charge is 2.14. The smallest absolute Gasteiger partial charge is 0.281 e. The molecule has 0 saturated heterocycles. The molecule has 0 saturated carbocycles. The summed E-state index contributed by atoms with van der Waals surface area (Å²) in [7, 11) is 1.53. The van der Waals surface area contributed by atoms with Crippen LogP contribution in [0, 0.1) is 5.82 Å². The van der Waals surface area contributed by atoms with Gasteiger partial charge in [-0.1, -0.05) is 24.3 Å². The second kappa shape index (κ2) is 8.96. The SMILES string of the molecule is COc1ccccc1NCC(=O)NNC(=O)c1cnc(-c2ccccc2F)s1. The van der Waals surface area contributed by atoms with E-state index in [-0.39, 0.29) is 11.4 Å². The molecule has 28 heavy (non-hydrogen) atoms. The Bertz CT molecular complexity index is 993. The lowest BCUT2D eigenvalue weighted by Crippen LogP contribution is -2.43. The van der Waals surface area contributed by atoms with Gasteiger partial charge in [-0.05, 0) is 24.3 Å². The van der Waals surface area contributed by atoms with E-state index >= 15 is 0 Å². The molecule has 0 fully saturated rings. The summed E-state index contributed by atoms with van der Waals surface area (Å²) in [6.45, 7) is -0.0657. The molecule has 0 aliphatic heterocycles. The molecule has 0 spiro atoms. The van der Waals surface area contributed by atoms with E-state index in [1.807, 2.05) is 12.1 Å². The minimum absolute atomic E-state index is 0.0657. The van der Waals surface area contributed by atoms with Gasteiger partial charge in [0.05, 0.1) is 25.5 Å². The average Bonchev–Trinajstić information content (AvgIpc) is 3.21. The number of carbonyl (C=O) groups is 2. The van der Waals surface area contributed by atoms with Gasteiger partial charge in [-0.2, -0.15) is 0 Å². The third-order valence-corrected chi connectivity index (χ3v) is 4.72. The van der Waals surface area contributed by atoms with E-state index in [2.05, 4.69) is 21.2 Å². The Kier molecular flexibility index (Phi) is 6.18. The minimum atomic E-state index is -0.536. The maximum atomic E-state index is 13.8. The topological polar surface area (TPSA) is 92.4 Å². The fourth-order valence-electron chi connectivity index (χ4n) is 2.34. The van der Waals surface area contributed by atoms with E-state index in [0.717, 1.165) is 11.3 Å². The Labute approximate surface area is 164 Å². The van der Waals surface area contributed by atoms with Crippen molar-refractivity contribution >= 4 is 28.8 Å². The lowest BCUT2D eigenvalue weighted by molar-refractivity contribution is -0.120. The van der Waals surface area contributed by atoms with Gasteiger partial charge >= 0.3 is 0 Å². The number of ether oxygens (including phenoxy) is 1. The molecule has 0 bridgehead atoms. The predicted octanol–water partition coefficient (Wildman–Crippen LogP) is 2.83. The molecule has 3 aromatic rings. The largest absolute Gasteiger partial charge is 0.495 e. The van der Waals surface area contributed by atoms with Gasteiger partial charge in [0, 0.05) is 5.56 Å². The standard InChI is InChI=1S/C19H17FN4O3S/c1-27-15-9-5-4-8-14(15)21-11-17(25)23-24-18(26)16-10-22-19(28-16)12-6-2-3-7-13(12)20/h2-10,21H,11H2,1H3,(H,23,25)(H,24,26). The van der Waals surface area contributed by atoms with Crippen molar-refractivity contribution in [3.8, 4) is 16.3 Å². The average molecular weight is 400 g/mol. The van der Waals surface area contributed by atoms with Crippen molar-refractivity contribution < 1.29 is 18.7 Å². The number of nitrogens with zero attached hydrogens (tertiary/aromatic N) is 1. The molecule has 0 aliphatic carbocycles. The van der Waals surface area contributed by atoms with Crippen molar-refractivity contribution in [1.82, 2.24) is 15.8 Å². The molecular weight excluding hydrogens is 383 g/mol. The fraction of sp³-hybridized carbons (Fsp3) is 0.105. The van der Waals surface area contributed by atoms with Crippen LogP contribution in [0.15, 0.2) is 54.7 Å². The van der Waals surface area contributed by atoms with E-state index in [4.69, 9.17) is 4.74 Å². The second-order valence-corrected chi connectivity index (χ2v) is 6.60. The number of thiazole rings is 1. The molecule has 1 aromatic heterocycles. The molecule has 7 nitrogen and oxygen atoms in total. The zero-order valence-corrected chi connectivity index (χ0v) is 15.7. The minimum Gasteiger partial charge on any atom is -0.495 e. The number of rotatable bonds is 6. The summed E-state index contributed by atoms with van der Waals surface area (Å²) < 4.78 is 19.0. The molecule has 9 heteroatoms. The number of hydrogen-bond acceptors (Lipinski definition) is 6. The summed E-state index contributed by atoms with van der Waals surface area (Å²) in [6, 6.07) is 13.3. The summed E-state index contributed by atoms with van der Waals surface area (Å²) >= 11 is 1.03. The molecule has 0 aliphatic rings. The number of aromatic nitrogens is 1. The van der Waals surface area contributed by atoms with E-state index in [1.165, 1.54) is 19.4 Å². The van der Waals surface area contributed by atoms with Crippen LogP contribution in [0.2, 0.25) is 0 Å². The third-order valence-electron chi connectivity index (χ3n) is 3.70. The monoisotopic (exact) mass is 400 g/mol. The van der Waals surface area contributed by atoms with Crippen LogP contribution >= 0.6 is 11.3 Å². The van der Waals surface area contributed by atoms with Crippen LogP contribution in [-0.2, 0) is 4.79 Å². The number of amides is 2. The predicted molar refractivity (Wildman–Crippen MR) is 105 cm³/mol. The van der Waals surface area contributed by atoms with Crippen LogP contribution in [0.3, 0.4) is 0 Å². The number of hydrazine groups is 1. The summed E-state index contributed by atoms with van der Waals surface area (Å²) in [5.41, 5.74) is 5.59. The van der Waals surface area contributed by atoms with E-state index in [0.29, 0.717) is 22.0 Å². The van der Waals surface area contributed by atoms with Crippen LogP contribution in [0.5, 0.6) is 5.75 Å². The Morgan fingerprint density at radius 3 is 2.64 bits per heavy atom. The number of methoxy groups -OCH3 is 1. The molecule has 2 amide bonds. The number of halogens is 1. The van der Waals surface area contributed by atoms with Gasteiger partial charge in [0.1, 0.15) is 21.5 Å². The van der Waals surface area contributed by atoms with Crippen LogP contribution in [0.1, 0.15) is 9.67 Å². The van der Waals surface area contributed by atoms with Gasteiger partial charge in [-0.25, -0.2) is 9.37 Å². The van der Waals surface area contributed by atoms with Crippen LogP contribution in [0.25, 0.3) is 10.6 Å². The molecule has 0 atom stereocenters. The van der Waals surface area contributed by atoms with Crippen LogP contribution in [0.4, 0.5) is 10.1 Å². The second-order valence-electron chi connectivity index (χ2n) is 5.57. The molecule has 3 rings (SSSR count). The highest BCUT2D eigenvalue weighted by molar-refractivity contribution is 7.16. The summed E-state index contributed by atoms with van der Waals surface area (Å²) in [6.07, 6.45) is 1.33. The zero-order chi connectivity index (χ0) is 19.9. The lowest BCUT2D eigenvalue weighted by atomic mass is 10.2. The van der Waals surface area contributed by atoms with Gasteiger partial charge in [0.25, 0.3) is 11.8 Å². The first-order valence-electron chi connectivity index (χ1n) is 8.25. The summed E-state index contributed by atoms with van der Waals surface area (Å²) in [4.78, 5) is 28.4. The first-order valence-corrected chi connectivity index (χ1v) is 9.07. The van der Waals surface area contributed by atoms with Gasteiger partial charge in [0.2, 0.25) is 0 Å². The van der Waals surface area contributed by atoms with Crippen molar-refractivity contribution in [1.29, 1.82) is 0 Å². The first kappa shape index (κ1) is 19.3. The number of carbonyl (C=O) groups excluding carboxylic acids is 2. The van der Waals surface area contributed by atoms with Crippen molar-refractivity contribution in [3.05, 3.63) is 65.4 Å². The Hall–Kier alpha value is -3.46. The molecular formula is C19H17FN4O3S. The van der Waals surface area contributed by atoms with Gasteiger partial charge in [-0.15, -0.1) is 11.3 Å². The maximum Gasteiger partial charge on any atom is 0.281 e. The van der Waals surface area contributed by atoms with Crippen molar-refractivity contribution in [3.63, 3.8) is 0 Å². The number of benzene rings is 2. The molecule has 0 unspecified atom stereocenters. The molecule has 2 aromatic carbocycles. The number of anilines is 1. The highest BCUT2D eigenvalue weighted by Crippen LogP contribution is 2.27. The van der Waals surface area contributed by atoms with Gasteiger partial charge < -0.3 is 10.1 Å². The van der Waals surface area contributed by atoms with Crippen molar-refractivity contribution in [2.24, 2.45) is 0 Å². The number of hydrogen-bond donors (Lipinski definition) is 3. The van der Waals surface area contributed by atoms with E-state index in [1.54, 1.807) is 30.3 Å². The summed E-state index contributed by atoms with van der Waals surface area (Å²) in [5.74, 6) is -0.798. The molecule has 0 radical (unpaired) electrons. The molecule has 3 N–H and O–H groups in total. The number of para-hydroxylation sites is 2. The first-order chi connectivity index (χ1) is 13.6. The van der Waals surface area contributed by atoms with E-state index in [9.17, 15) is 14.0 Å². The summed E-state index contributed by atoms with van der Waals surface area (Å²) in [5, 5.41) is 3.30. The lowest BCUT2D eigenvalue weighted by Gasteiger charge is -2.11. The molecule has 144 valence electrons. The quantitative estimate of drug-likeness (QED) is 0.554. The Morgan fingerprint density at radius 2 is 1.86 bits per heavy atom. The molecule has 1 heterocycles. The van der Waals surface area contributed by atoms with E-state index < -0.39 is 17.6 Å². The highest BCUT2D eigenvalue weighted by atomic mass is 32.1. The van der Waals surface area contributed by atoms with Crippen LogP contribution < -0.4 is 20.9 Å². The van der Waals surface area contributed by atoms with Crippen molar-refractivity contribution in [2.45, 2.75) is 0 Å². The Morgan fingerprint density at radius 1 is 1.11 bits per heavy atom. The van der Waals surface area contributed by atoms with Gasteiger partial charge in [-0.3, -0.25) is 20.4 Å². The number of nitrogens with one attached hydrogen (secondary N) is 3. The zero-order valence-electron chi connectivity index (χ0n) is 14.9. The van der Waals surface area contributed by atoms with Crippen molar-refractivity contribution in [2.75, 3.05) is 19.0 Å². The third kappa shape index (κ3) is 4.63.